The lowest BCUT2D eigenvalue weighted by Crippen LogP contribution is -2.06. The summed E-state index contributed by atoms with van der Waals surface area (Å²) in [6.45, 7) is 10.6. The summed E-state index contributed by atoms with van der Waals surface area (Å²) in [6.07, 6.45) is 5.90. The van der Waals surface area contributed by atoms with Gasteiger partial charge < -0.3 is 5.11 Å². The number of aryl methyl sites for hydroxylation is 3. The van der Waals surface area contributed by atoms with E-state index < -0.39 is 6.10 Å². The summed E-state index contributed by atoms with van der Waals surface area (Å²) in [5, 5.41) is 15.7. The zero-order valence-corrected chi connectivity index (χ0v) is 19.1. The number of hydrogen-bond acceptors (Lipinski definition) is 4. The molecule has 4 aromatic heterocycles. The van der Waals surface area contributed by atoms with Crippen LogP contribution >= 0.6 is 0 Å². The monoisotopic (exact) mass is 417 g/mol. The number of imidazole rings is 2. The molecule has 1 aliphatic rings. The van der Waals surface area contributed by atoms with Crippen molar-refractivity contribution in [1.82, 2.24) is 24.0 Å². The lowest BCUT2D eigenvalue weighted by atomic mass is 9.95. The Morgan fingerprint density at radius 1 is 1.00 bits per heavy atom. The lowest BCUT2D eigenvalue weighted by molar-refractivity contribution is 0.155. The van der Waals surface area contributed by atoms with Crippen LogP contribution in [0.3, 0.4) is 0 Å². The molecule has 0 aliphatic heterocycles. The van der Waals surface area contributed by atoms with E-state index in [0.717, 1.165) is 71.0 Å². The van der Waals surface area contributed by atoms with Crippen LogP contribution in [0.4, 0.5) is 0 Å². The zero-order valence-electron chi connectivity index (χ0n) is 19.1. The molecule has 0 saturated heterocycles. The van der Waals surface area contributed by atoms with Crippen molar-refractivity contribution in [2.45, 2.75) is 72.3 Å². The van der Waals surface area contributed by atoms with Gasteiger partial charge in [0.25, 0.3) is 0 Å². The molecule has 162 valence electrons. The summed E-state index contributed by atoms with van der Waals surface area (Å²) >= 11 is 0. The number of fused-ring (bicyclic) bond motifs is 2. The molecule has 0 aromatic carbocycles. The highest BCUT2D eigenvalue weighted by Gasteiger charge is 2.33. The van der Waals surface area contributed by atoms with Crippen LogP contribution < -0.4 is 0 Å². The number of aromatic nitrogens is 5. The van der Waals surface area contributed by atoms with Gasteiger partial charge >= 0.3 is 0 Å². The molecular weight excluding hydrogens is 386 g/mol. The van der Waals surface area contributed by atoms with Crippen molar-refractivity contribution < 1.29 is 5.11 Å². The number of aliphatic hydroxyl groups is 1. The van der Waals surface area contributed by atoms with Crippen molar-refractivity contribution in [3.8, 4) is 11.4 Å². The maximum atomic E-state index is 10.8. The Hall–Kier alpha value is -2.73. The Bertz CT molecular complexity index is 1280. The highest BCUT2D eigenvalue weighted by molar-refractivity contribution is 5.72. The average Bonchev–Trinajstić information content (AvgIpc) is 3.48. The van der Waals surface area contributed by atoms with Gasteiger partial charge in [0.1, 0.15) is 11.3 Å². The maximum absolute atomic E-state index is 10.8. The van der Waals surface area contributed by atoms with E-state index in [-0.39, 0.29) is 0 Å². The van der Waals surface area contributed by atoms with Crippen molar-refractivity contribution in [1.29, 1.82) is 0 Å². The first kappa shape index (κ1) is 20.2. The molecule has 1 N–H and O–H groups in total. The molecule has 1 atom stereocenters. The summed E-state index contributed by atoms with van der Waals surface area (Å²) < 4.78 is 4.12. The number of hydrogen-bond donors (Lipinski definition) is 1. The Balaban J connectivity index is 1.78. The first-order valence-corrected chi connectivity index (χ1v) is 11.5. The predicted molar refractivity (Wildman–Crippen MR) is 122 cm³/mol. The van der Waals surface area contributed by atoms with Gasteiger partial charge in [-0.3, -0.25) is 4.40 Å². The molecule has 0 spiro atoms. The SMILES string of the molecule is CCC(CC)c1cc(C)nn2c(-c3c(C)nc4c(C(O)C5CC5)cccn34)c(C)nc12. The third-order valence-corrected chi connectivity index (χ3v) is 6.80. The summed E-state index contributed by atoms with van der Waals surface area (Å²) in [6, 6.07) is 6.20. The fourth-order valence-corrected chi connectivity index (χ4v) is 4.96. The van der Waals surface area contributed by atoms with Crippen LogP contribution in [0.2, 0.25) is 0 Å². The quantitative estimate of drug-likeness (QED) is 0.461. The molecular formula is C25H31N5O. The third kappa shape index (κ3) is 3.16. The molecule has 31 heavy (non-hydrogen) atoms. The predicted octanol–water partition coefficient (Wildman–Crippen LogP) is 5.32. The van der Waals surface area contributed by atoms with E-state index in [1.54, 1.807) is 0 Å². The van der Waals surface area contributed by atoms with Crippen LogP contribution in [0.1, 0.15) is 79.8 Å². The van der Waals surface area contributed by atoms with Gasteiger partial charge in [-0.1, -0.05) is 19.9 Å². The molecule has 6 heteroatoms. The lowest BCUT2D eigenvalue weighted by Gasteiger charge is -2.15. The van der Waals surface area contributed by atoms with Crippen LogP contribution in [0.5, 0.6) is 0 Å². The normalized spacial score (nSPS) is 15.5. The second kappa shape index (κ2) is 7.45. The molecule has 1 unspecified atom stereocenters. The van der Waals surface area contributed by atoms with Crippen molar-refractivity contribution >= 4 is 11.3 Å². The molecule has 0 bridgehead atoms. The van der Waals surface area contributed by atoms with Crippen molar-refractivity contribution in [3.05, 3.63) is 52.6 Å². The Morgan fingerprint density at radius 2 is 1.68 bits per heavy atom. The van der Waals surface area contributed by atoms with Crippen LogP contribution in [0.25, 0.3) is 22.7 Å². The van der Waals surface area contributed by atoms with E-state index in [1.807, 2.05) is 29.8 Å². The fraction of sp³-hybridized carbons (Fsp3) is 0.480. The molecule has 0 amide bonds. The summed E-state index contributed by atoms with van der Waals surface area (Å²) in [4.78, 5) is 9.88. The van der Waals surface area contributed by atoms with Crippen LogP contribution in [-0.2, 0) is 0 Å². The van der Waals surface area contributed by atoms with Gasteiger partial charge in [-0.15, -0.1) is 0 Å². The van der Waals surface area contributed by atoms with Crippen molar-refractivity contribution in [2.75, 3.05) is 0 Å². The largest absolute Gasteiger partial charge is 0.388 e. The Morgan fingerprint density at radius 3 is 2.35 bits per heavy atom. The maximum Gasteiger partial charge on any atom is 0.158 e. The van der Waals surface area contributed by atoms with E-state index >= 15 is 0 Å². The summed E-state index contributed by atoms with van der Waals surface area (Å²) in [7, 11) is 0. The highest BCUT2D eigenvalue weighted by atomic mass is 16.3. The van der Waals surface area contributed by atoms with Gasteiger partial charge in [0, 0.05) is 17.3 Å². The van der Waals surface area contributed by atoms with Crippen molar-refractivity contribution in [2.24, 2.45) is 5.92 Å². The summed E-state index contributed by atoms with van der Waals surface area (Å²) in [5.41, 5.74) is 8.79. The molecule has 5 rings (SSSR count). The number of aliphatic hydroxyl groups excluding tert-OH is 1. The minimum Gasteiger partial charge on any atom is -0.388 e. The second-order valence-corrected chi connectivity index (χ2v) is 9.02. The first-order valence-electron chi connectivity index (χ1n) is 11.5. The van der Waals surface area contributed by atoms with Gasteiger partial charge in [-0.05, 0) is 70.4 Å². The number of pyridine rings is 1. The molecule has 0 radical (unpaired) electrons. The van der Waals surface area contributed by atoms with Crippen LogP contribution in [0.15, 0.2) is 24.4 Å². The van der Waals surface area contributed by atoms with E-state index in [4.69, 9.17) is 15.1 Å². The molecule has 1 fully saturated rings. The van der Waals surface area contributed by atoms with Crippen molar-refractivity contribution in [3.63, 3.8) is 0 Å². The first-order chi connectivity index (χ1) is 14.9. The second-order valence-electron chi connectivity index (χ2n) is 9.02. The van der Waals surface area contributed by atoms with Crippen LogP contribution in [0, 0.1) is 26.7 Å². The minimum absolute atomic E-state index is 0.357. The number of nitrogens with zero attached hydrogens (tertiary/aromatic N) is 5. The number of rotatable bonds is 6. The molecule has 6 nitrogen and oxygen atoms in total. The van der Waals surface area contributed by atoms with Gasteiger partial charge in [0.05, 0.1) is 28.9 Å². The third-order valence-electron chi connectivity index (χ3n) is 6.80. The zero-order chi connectivity index (χ0) is 21.9. The van der Waals surface area contributed by atoms with E-state index in [9.17, 15) is 5.11 Å². The smallest absolute Gasteiger partial charge is 0.158 e. The molecule has 4 aromatic rings. The van der Waals surface area contributed by atoms with Crippen LogP contribution in [-0.4, -0.2) is 29.1 Å². The molecule has 1 saturated carbocycles. The topological polar surface area (TPSA) is 67.7 Å². The van der Waals surface area contributed by atoms with E-state index in [0.29, 0.717) is 11.8 Å². The molecule has 1 aliphatic carbocycles. The van der Waals surface area contributed by atoms with E-state index in [2.05, 4.69) is 38.2 Å². The van der Waals surface area contributed by atoms with Gasteiger partial charge in [0.15, 0.2) is 5.65 Å². The summed E-state index contributed by atoms with van der Waals surface area (Å²) in [5.74, 6) is 0.818. The molecule has 4 heterocycles. The van der Waals surface area contributed by atoms with Gasteiger partial charge in [0.2, 0.25) is 0 Å². The average molecular weight is 418 g/mol. The van der Waals surface area contributed by atoms with Gasteiger partial charge in [-0.25, -0.2) is 14.5 Å². The Kier molecular flexibility index (Phi) is 4.85. The fourth-order valence-electron chi connectivity index (χ4n) is 4.96. The van der Waals surface area contributed by atoms with Gasteiger partial charge in [-0.2, -0.15) is 5.10 Å². The van der Waals surface area contributed by atoms with E-state index in [1.165, 1.54) is 5.56 Å². The Labute approximate surface area is 183 Å². The minimum atomic E-state index is -0.455. The standard InChI is InChI=1S/C25H31N5O/c1-6-17(7-2)20-13-14(3)28-30-22(16(5)27-25(20)30)21-15(4)26-24-19(9-8-12-29(21)24)23(31)18-10-11-18/h8-9,12-13,17-18,23,31H,6-7,10-11H2,1-5H3. The highest BCUT2D eigenvalue weighted by Crippen LogP contribution is 2.42.